The molecule has 1 rings (SSSR count). The van der Waals surface area contributed by atoms with E-state index in [4.69, 9.17) is 9.79 Å². The molecule has 0 unspecified atom stereocenters. The summed E-state index contributed by atoms with van der Waals surface area (Å²) in [4.78, 5) is 22.2. The van der Waals surface area contributed by atoms with Gasteiger partial charge in [-0.3, -0.25) is 9.79 Å². The van der Waals surface area contributed by atoms with E-state index in [2.05, 4.69) is 14.5 Å². The maximum absolute atomic E-state index is 10.1. The third-order valence-electron chi connectivity index (χ3n) is 0.679. The van der Waals surface area contributed by atoms with E-state index in [9.17, 15) is 4.57 Å². The number of hydrogen-bond acceptors (Lipinski definition) is 3. The van der Waals surface area contributed by atoms with Crippen LogP contribution < -0.4 is 4.52 Å². The maximum Gasteiger partial charge on any atom is 0.527 e. The second-order valence-corrected chi connectivity index (χ2v) is 2.64. The van der Waals surface area contributed by atoms with Crippen LogP contribution in [0.3, 0.4) is 0 Å². The van der Waals surface area contributed by atoms with Gasteiger partial charge in [0.25, 0.3) is 0 Å². The molecule has 0 saturated carbocycles. The highest BCUT2D eigenvalue weighted by Gasteiger charge is 2.16. The number of rotatable bonds is 2. The second kappa shape index (κ2) is 2.42. The van der Waals surface area contributed by atoms with E-state index in [0.29, 0.717) is 0 Å². The number of aromatic amines is 1. The smallest absolute Gasteiger partial charge is 0.370 e. The first-order chi connectivity index (χ1) is 4.58. The van der Waals surface area contributed by atoms with Crippen molar-refractivity contribution >= 4 is 7.82 Å². The van der Waals surface area contributed by atoms with Crippen LogP contribution in [0.15, 0.2) is 12.4 Å². The number of phosphoric acid groups is 1. The van der Waals surface area contributed by atoms with Crippen LogP contribution in [0.25, 0.3) is 0 Å². The molecule has 0 spiro atoms. The SMILES string of the molecule is O=P(O)(O)Oc1ncc[nH]1. The van der Waals surface area contributed by atoms with Crippen molar-refractivity contribution in [3.63, 3.8) is 0 Å². The molecule has 7 heteroatoms. The Kier molecular flexibility index (Phi) is 1.76. The Labute approximate surface area is 56.1 Å². The van der Waals surface area contributed by atoms with E-state index in [1.54, 1.807) is 0 Å². The molecule has 1 heterocycles. The fourth-order valence-corrected chi connectivity index (χ4v) is 0.738. The lowest BCUT2D eigenvalue weighted by molar-refractivity contribution is 0.276. The van der Waals surface area contributed by atoms with Gasteiger partial charge in [0, 0.05) is 12.4 Å². The lowest BCUT2D eigenvalue weighted by Gasteiger charge is -2.00. The molecule has 0 bridgehead atoms. The Morgan fingerprint density at radius 3 is 2.80 bits per heavy atom. The highest BCUT2D eigenvalue weighted by Crippen LogP contribution is 2.35. The Morgan fingerprint density at radius 1 is 1.70 bits per heavy atom. The van der Waals surface area contributed by atoms with Crippen molar-refractivity contribution in [3.05, 3.63) is 12.4 Å². The maximum atomic E-state index is 10.1. The number of imidazole rings is 1. The van der Waals surface area contributed by atoms with E-state index in [1.807, 2.05) is 0 Å². The van der Waals surface area contributed by atoms with Gasteiger partial charge < -0.3 is 9.51 Å². The predicted molar refractivity (Wildman–Crippen MR) is 31.3 cm³/mol. The van der Waals surface area contributed by atoms with Crippen LogP contribution in [0.5, 0.6) is 6.01 Å². The molecule has 56 valence electrons. The van der Waals surface area contributed by atoms with E-state index >= 15 is 0 Å². The molecule has 3 N–H and O–H groups in total. The molecular formula is C3H5N2O4P. The molecule has 0 aromatic carbocycles. The van der Waals surface area contributed by atoms with Gasteiger partial charge >= 0.3 is 13.8 Å². The van der Waals surface area contributed by atoms with Gasteiger partial charge in [-0.1, -0.05) is 0 Å². The van der Waals surface area contributed by atoms with Crippen LogP contribution in [-0.4, -0.2) is 19.8 Å². The second-order valence-electron chi connectivity index (χ2n) is 1.48. The number of H-pyrrole nitrogens is 1. The van der Waals surface area contributed by atoms with Crippen LogP contribution in [-0.2, 0) is 4.57 Å². The van der Waals surface area contributed by atoms with Crippen LogP contribution in [0.2, 0.25) is 0 Å². The van der Waals surface area contributed by atoms with E-state index in [0.717, 1.165) is 0 Å². The van der Waals surface area contributed by atoms with Crippen molar-refractivity contribution in [1.29, 1.82) is 0 Å². The third kappa shape index (κ3) is 2.18. The summed E-state index contributed by atoms with van der Waals surface area (Å²) in [6.07, 6.45) is 2.72. The summed E-state index contributed by atoms with van der Waals surface area (Å²) < 4.78 is 14.2. The summed E-state index contributed by atoms with van der Waals surface area (Å²) >= 11 is 0. The van der Waals surface area contributed by atoms with Gasteiger partial charge in [0.2, 0.25) is 0 Å². The van der Waals surface area contributed by atoms with E-state index < -0.39 is 7.82 Å². The van der Waals surface area contributed by atoms with Gasteiger partial charge in [0.05, 0.1) is 0 Å². The molecule has 0 amide bonds. The number of hydrogen-bond donors (Lipinski definition) is 3. The van der Waals surface area contributed by atoms with Crippen molar-refractivity contribution in [2.45, 2.75) is 0 Å². The summed E-state index contributed by atoms with van der Waals surface area (Å²) in [5.74, 6) is 0. The molecule has 1 aromatic rings. The van der Waals surface area contributed by atoms with Gasteiger partial charge in [-0.05, 0) is 0 Å². The minimum atomic E-state index is -4.45. The minimum absolute atomic E-state index is 0.187. The van der Waals surface area contributed by atoms with Gasteiger partial charge in [-0.15, -0.1) is 0 Å². The first-order valence-electron chi connectivity index (χ1n) is 2.32. The van der Waals surface area contributed by atoms with Crippen molar-refractivity contribution in [3.8, 4) is 6.01 Å². The molecule has 0 aliphatic heterocycles. The molecule has 0 saturated heterocycles. The Balaban J connectivity index is 2.66. The van der Waals surface area contributed by atoms with E-state index in [1.165, 1.54) is 12.4 Å². The zero-order chi connectivity index (χ0) is 7.61. The standard InChI is InChI=1S/C3H5N2O4P/c6-10(7,8)9-3-4-1-2-5-3/h1-2H,(H,4,5)(H2,6,7,8). The highest BCUT2D eigenvalue weighted by atomic mass is 31.2. The largest absolute Gasteiger partial charge is 0.527 e. The molecule has 0 radical (unpaired) electrons. The molecule has 0 aliphatic rings. The fourth-order valence-electron chi connectivity index (χ4n) is 0.413. The van der Waals surface area contributed by atoms with Gasteiger partial charge in [0.1, 0.15) is 0 Å². The summed E-state index contributed by atoms with van der Waals surface area (Å²) in [6, 6.07) is -0.187. The van der Waals surface area contributed by atoms with Crippen molar-refractivity contribution in [2.75, 3.05) is 0 Å². The van der Waals surface area contributed by atoms with Crippen LogP contribution in [0.4, 0.5) is 0 Å². The average molecular weight is 164 g/mol. The topological polar surface area (TPSA) is 95.4 Å². The Hall–Kier alpha value is -0.840. The third-order valence-corrected chi connectivity index (χ3v) is 1.09. The number of aromatic nitrogens is 2. The average Bonchev–Trinajstić information content (AvgIpc) is 2.12. The fraction of sp³-hybridized carbons (Fsp3) is 0. The van der Waals surface area contributed by atoms with E-state index in [-0.39, 0.29) is 6.01 Å². The van der Waals surface area contributed by atoms with Crippen LogP contribution in [0, 0.1) is 0 Å². The molecule has 10 heavy (non-hydrogen) atoms. The normalized spacial score (nSPS) is 11.4. The molecular weight excluding hydrogens is 159 g/mol. The Morgan fingerprint density at radius 2 is 2.40 bits per heavy atom. The molecule has 6 nitrogen and oxygen atoms in total. The van der Waals surface area contributed by atoms with Crippen LogP contribution >= 0.6 is 7.82 Å². The van der Waals surface area contributed by atoms with Gasteiger partial charge in [-0.25, -0.2) is 9.55 Å². The van der Waals surface area contributed by atoms with Crippen molar-refractivity contribution in [2.24, 2.45) is 0 Å². The number of nitrogens with one attached hydrogen (secondary N) is 1. The van der Waals surface area contributed by atoms with Gasteiger partial charge in [0.15, 0.2) is 0 Å². The summed E-state index contributed by atoms with van der Waals surface area (Å²) in [5.41, 5.74) is 0. The molecule has 0 atom stereocenters. The number of nitrogens with zero attached hydrogens (tertiary/aromatic N) is 1. The molecule has 0 fully saturated rings. The first kappa shape index (κ1) is 7.27. The first-order valence-corrected chi connectivity index (χ1v) is 3.85. The monoisotopic (exact) mass is 164 g/mol. The lowest BCUT2D eigenvalue weighted by Crippen LogP contribution is -1.90. The summed E-state index contributed by atoms with van der Waals surface area (Å²) in [6.45, 7) is 0. The Bertz CT molecular complexity index is 239. The van der Waals surface area contributed by atoms with Crippen LogP contribution in [0.1, 0.15) is 0 Å². The van der Waals surface area contributed by atoms with Crippen molar-refractivity contribution in [1.82, 2.24) is 9.97 Å². The molecule has 0 aliphatic carbocycles. The summed E-state index contributed by atoms with van der Waals surface area (Å²) in [5, 5.41) is 0. The predicted octanol–water partition coefficient (Wildman–Crippen LogP) is -0.119. The number of phosphoric ester groups is 1. The summed E-state index contributed by atoms with van der Waals surface area (Å²) in [7, 11) is -4.45. The highest BCUT2D eigenvalue weighted by molar-refractivity contribution is 7.46. The minimum Gasteiger partial charge on any atom is -0.370 e. The van der Waals surface area contributed by atoms with Gasteiger partial charge in [-0.2, -0.15) is 0 Å². The zero-order valence-electron chi connectivity index (χ0n) is 4.76. The molecule has 1 aromatic heterocycles. The zero-order valence-corrected chi connectivity index (χ0v) is 5.65. The quantitative estimate of drug-likeness (QED) is 0.529. The lowest BCUT2D eigenvalue weighted by atomic mass is 11.0. The van der Waals surface area contributed by atoms with Crippen molar-refractivity contribution < 1.29 is 18.9 Å².